The lowest BCUT2D eigenvalue weighted by Crippen LogP contribution is -2.24. The second kappa shape index (κ2) is 6.95. The van der Waals surface area contributed by atoms with Crippen LogP contribution >= 0.6 is 27.3 Å². The zero-order chi connectivity index (χ0) is 15.4. The van der Waals surface area contributed by atoms with Gasteiger partial charge in [0.05, 0.1) is 15.2 Å². The van der Waals surface area contributed by atoms with E-state index in [0.717, 1.165) is 16.0 Å². The molecule has 3 N–H and O–H groups in total. The zero-order valence-corrected chi connectivity index (χ0v) is 14.4. The van der Waals surface area contributed by atoms with Crippen molar-refractivity contribution in [2.24, 2.45) is 0 Å². The van der Waals surface area contributed by atoms with Crippen LogP contribution in [-0.4, -0.2) is 19.5 Å². The number of nitrogens with one attached hydrogen (secondary N) is 1. The van der Waals surface area contributed by atoms with Gasteiger partial charge in [-0.2, -0.15) is 0 Å². The van der Waals surface area contributed by atoms with Crippen LogP contribution in [0.4, 0.5) is 11.4 Å². The molecule has 0 bridgehead atoms. The molecule has 112 valence electrons. The quantitative estimate of drug-likeness (QED) is 0.795. The number of nitrogens with zero attached hydrogens (tertiary/aromatic N) is 1. The molecule has 0 saturated carbocycles. The predicted octanol–water partition coefficient (Wildman–Crippen LogP) is 3.48. The number of nitrogens with two attached hydrogens (primary N) is 1. The van der Waals surface area contributed by atoms with E-state index >= 15 is 0 Å². The minimum Gasteiger partial charge on any atom is -0.397 e. The van der Waals surface area contributed by atoms with Crippen LogP contribution in [0.5, 0.6) is 0 Å². The van der Waals surface area contributed by atoms with E-state index < -0.39 is 0 Å². The lowest BCUT2D eigenvalue weighted by Gasteiger charge is -2.21. The molecule has 0 aliphatic heterocycles. The first kappa shape index (κ1) is 15.9. The van der Waals surface area contributed by atoms with Crippen LogP contribution in [-0.2, 0) is 6.54 Å². The minimum absolute atomic E-state index is 0.0783. The Bertz CT molecular complexity index is 642. The maximum absolute atomic E-state index is 11.9. The molecule has 0 radical (unpaired) electrons. The fraction of sp³-hybridized carbons (Fsp3) is 0.267. The van der Waals surface area contributed by atoms with E-state index in [1.54, 1.807) is 23.5 Å². The van der Waals surface area contributed by atoms with Gasteiger partial charge >= 0.3 is 0 Å². The van der Waals surface area contributed by atoms with Gasteiger partial charge in [-0.1, -0.05) is 0 Å². The molecule has 0 fully saturated rings. The number of benzene rings is 1. The van der Waals surface area contributed by atoms with Crippen LogP contribution in [0.3, 0.4) is 0 Å². The molecule has 21 heavy (non-hydrogen) atoms. The standard InChI is InChI=1S/C15H18BrN3OS/c1-3-18-15(20)11-4-5-12(17)13(7-11)19(2)8-10-6-14(16)21-9-10/h4-7,9H,3,8,17H2,1-2H3,(H,18,20). The Balaban J connectivity index is 2.21. The second-order valence-electron chi connectivity index (χ2n) is 4.75. The summed E-state index contributed by atoms with van der Waals surface area (Å²) in [5.74, 6) is -0.0783. The van der Waals surface area contributed by atoms with Gasteiger partial charge in [-0.25, -0.2) is 0 Å². The summed E-state index contributed by atoms with van der Waals surface area (Å²) in [6.45, 7) is 3.25. The highest BCUT2D eigenvalue weighted by Crippen LogP contribution is 2.27. The lowest BCUT2D eigenvalue weighted by molar-refractivity contribution is 0.0956. The van der Waals surface area contributed by atoms with Crippen molar-refractivity contribution in [1.82, 2.24) is 5.32 Å². The third-order valence-electron chi connectivity index (χ3n) is 3.08. The number of rotatable bonds is 5. The molecular weight excluding hydrogens is 350 g/mol. The molecule has 0 spiro atoms. The SMILES string of the molecule is CCNC(=O)c1ccc(N)c(N(C)Cc2csc(Br)c2)c1. The van der Waals surface area contributed by atoms with Crippen molar-refractivity contribution >= 4 is 44.5 Å². The van der Waals surface area contributed by atoms with E-state index in [1.165, 1.54) is 5.56 Å². The third kappa shape index (κ3) is 3.98. The predicted molar refractivity (Wildman–Crippen MR) is 93.0 cm³/mol. The number of thiophene rings is 1. The van der Waals surface area contributed by atoms with Crippen molar-refractivity contribution in [2.75, 3.05) is 24.2 Å². The number of amides is 1. The minimum atomic E-state index is -0.0783. The largest absolute Gasteiger partial charge is 0.397 e. The van der Waals surface area contributed by atoms with Gasteiger partial charge in [0.2, 0.25) is 0 Å². The summed E-state index contributed by atoms with van der Waals surface area (Å²) >= 11 is 5.12. The van der Waals surface area contributed by atoms with Crippen molar-refractivity contribution in [3.63, 3.8) is 0 Å². The smallest absolute Gasteiger partial charge is 0.251 e. The summed E-state index contributed by atoms with van der Waals surface area (Å²) < 4.78 is 1.11. The molecule has 0 aliphatic carbocycles. The summed E-state index contributed by atoms with van der Waals surface area (Å²) in [6, 6.07) is 7.45. The molecule has 1 aromatic heterocycles. The highest BCUT2D eigenvalue weighted by Gasteiger charge is 2.11. The molecule has 4 nitrogen and oxygen atoms in total. The van der Waals surface area contributed by atoms with Crippen LogP contribution in [0.15, 0.2) is 33.4 Å². The number of halogens is 1. The van der Waals surface area contributed by atoms with Crippen LogP contribution < -0.4 is 16.0 Å². The van der Waals surface area contributed by atoms with Crippen LogP contribution in [0, 0.1) is 0 Å². The fourth-order valence-electron chi connectivity index (χ4n) is 2.07. The highest BCUT2D eigenvalue weighted by atomic mass is 79.9. The first-order chi connectivity index (χ1) is 10.0. The summed E-state index contributed by atoms with van der Waals surface area (Å²) in [4.78, 5) is 14.0. The lowest BCUT2D eigenvalue weighted by atomic mass is 10.1. The second-order valence-corrected chi connectivity index (χ2v) is 7.04. The van der Waals surface area contributed by atoms with Crippen molar-refractivity contribution in [1.29, 1.82) is 0 Å². The number of carbonyl (C=O) groups excluding carboxylic acids is 1. The van der Waals surface area contributed by atoms with Crippen molar-refractivity contribution in [3.8, 4) is 0 Å². The molecule has 2 rings (SSSR count). The molecule has 1 amide bonds. The van der Waals surface area contributed by atoms with Gasteiger partial charge in [-0.3, -0.25) is 4.79 Å². The van der Waals surface area contributed by atoms with E-state index in [-0.39, 0.29) is 5.91 Å². The Labute approximate surface area is 137 Å². The number of hydrogen-bond acceptors (Lipinski definition) is 4. The van der Waals surface area contributed by atoms with Crippen LogP contribution in [0.25, 0.3) is 0 Å². The number of nitrogen functional groups attached to an aromatic ring is 1. The Morgan fingerprint density at radius 2 is 2.19 bits per heavy atom. The van der Waals surface area contributed by atoms with Crippen LogP contribution in [0.1, 0.15) is 22.8 Å². The molecule has 6 heteroatoms. The van der Waals surface area contributed by atoms with Gasteiger partial charge < -0.3 is 16.0 Å². The molecule has 0 aliphatic rings. The average Bonchev–Trinajstić information content (AvgIpc) is 2.84. The molecule has 0 saturated heterocycles. The molecule has 0 atom stereocenters. The molecule has 1 heterocycles. The van der Waals surface area contributed by atoms with Crippen molar-refractivity contribution in [2.45, 2.75) is 13.5 Å². The maximum atomic E-state index is 11.9. The molecular formula is C15H18BrN3OS. The topological polar surface area (TPSA) is 58.4 Å². The van der Waals surface area contributed by atoms with E-state index in [1.807, 2.05) is 24.9 Å². The normalized spacial score (nSPS) is 10.4. The molecule has 2 aromatic rings. The van der Waals surface area contributed by atoms with Crippen LogP contribution in [0.2, 0.25) is 0 Å². The van der Waals surface area contributed by atoms with Gasteiger partial charge in [-0.15, -0.1) is 11.3 Å². The summed E-state index contributed by atoms with van der Waals surface area (Å²) in [5, 5.41) is 4.90. The van der Waals surface area contributed by atoms with Crippen molar-refractivity contribution < 1.29 is 4.79 Å². The Morgan fingerprint density at radius 3 is 2.81 bits per heavy atom. The van der Waals surface area contributed by atoms with E-state index in [2.05, 4.69) is 32.7 Å². The van der Waals surface area contributed by atoms with Gasteiger partial charge in [-0.05, 0) is 58.1 Å². The van der Waals surface area contributed by atoms with Gasteiger partial charge in [0.25, 0.3) is 5.91 Å². The monoisotopic (exact) mass is 367 g/mol. The summed E-state index contributed by atoms with van der Waals surface area (Å²) in [7, 11) is 1.97. The first-order valence-electron chi connectivity index (χ1n) is 6.63. The average molecular weight is 368 g/mol. The van der Waals surface area contributed by atoms with Gasteiger partial charge in [0.1, 0.15) is 0 Å². The zero-order valence-electron chi connectivity index (χ0n) is 12.0. The first-order valence-corrected chi connectivity index (χ1v) is 8.30. The fourth-order valence-corrected chi connectivity index (χ4v) is 3.27. The number of hydrogen-bond donors (Lipinski definition) is 2. The third-order valence-corrected chi connectivity index (χ3v) is 4.64. The Hall–Kier alpha value is -1.53. The van der Waals surface area contributed by atoms with Gasteiger partial charge in [0, 0.05) is 25.7 Å². The molecule has 0 unspecified atom stereocenters. The Morgan fingerprint density at radius 1 is 1.43 bits per heavy atom. The number of anilines is 2. The molecule has 1 aromatic carbocycles. The summed E-state index contributed by atoms with van der Waals surface area (Å²) in [5.41, 5.74) is 9.40. The Kier molecular flexibility index (Phi) is 5.25. The summed E-state index contributed by atoms with van der Waals surface area (Å²) in [6.07, 6.45) is 0. The van der Waals surface area contributed by atoms with Gasteiger partial charge in [0.15, 0.2) is 0 Å². The highest BCUT2D eigenvalue weighted by molar-refractivity contribution is 9.11. The van der Waals surface area contributed by atoms with E-state index in [9.17, 15) is 4.79 Å². The maximum Gasteiger partial charge on any atom is 0.251 e. The number of carbonyl (C=O) groups is 1. The van der Waals surface area contributed by atoms with Crippen molar-refractivity contribution in [3.05, 3.63) is 44.6 Å². The van der Waals surface area contributed by atoms with E-state index in [4.69, 9.17) is 5.73 Å². The van der Waals surface area contributed by atoms with E-state index in [0.29, 0.717) is 17.8 Å².